The number of aromatic nitrogens is 2. The van der Waals surface area contributed by atoms with Crippen LogP contribution in [0.1, 0.15) is 11.3 Å². The Balaban J connectivity index is 2.07. The lowest BCUT2D eigenvalue weighted by molar-refractivity contribution is 0.665. The minimum atomic E-state index is -0.281. The molecule has 0 fully saturated rings. The van der Waals surface area contributed by atoms with Gasteiger partial charge in [0.15, 0.2) is 0 Å². The summed E-state index contributed by atoms with van der Waals surface area (Å²) in [6, 6.07) is 9.64. The lowest BCUT2D eigenvalue weighted by Crippen LogP contribution is -2.37. The molecule has 0 radical (unpaired) electrons. The topological polar surface area (TPSA) is 44.0 Å². The highest BCUT2D eigenvalue weighted by molar-refractivity contribution is 9.10. The first-order valence-electron chi connectivity index (χ1n) is 6.07. The molecule has 0 saturated heterocycles. The number of hydrogen-bond donors (Lipinski definition) is 0. The van der Waals surface area contributed by atoms with Crippen LogP contribution in [0, 0.1) is 0 Å². The van der Waals surface area contributed by atoms with Gasteiger partial charge in [0, 0.05) is 41.8 Å². The average molecular weight is 355 g/mol. The molecule has 0 bridgehead atoms. The Kier molecular flexibility index (Phi) is 4.88. The van der Waals surface area contributed by atoms with Crippen molar-refractivity contribution in [2.24, 2.45) is 14.1 Å². The standard InChI is InChI=1S/C14H15BrN2O2S/c1-16-12(7-13(18)17(2)14(16)19)9-20-8-10-3-5-11(15)6-4-10/h3-7H,8-9H2,1-2H3. The van der Waals surface area contributed by atoms with E-state index in [1.54, 1.807) is 18.8 Å². The van der Waals surface area contributed by atoms with Crippen LogP contribution in [-0.2, 0) is 25.6 Å². The van der Waals surface area contributed by atoms with Gasteiger partial charge in [-0.3, -0.25) is 13.9 Å². The zero-order chi connectivity index (χ0) is 14.7. The van der Waals surface area contributed by atoms with Gasteiger partial charge in [0.1, 0.15) is 0 Å². The smallest absolute Gasteiger partial charge is 0.300 e. The molecule has 0 aliphatic carbocycles. The summed E-state index contributed by atoms with van der Waals surface area (Å²) >= 11 is 5.08. The van der Waals surface area contributed by atoms with Crippen molar-refractivity contribution < 1.29 is 0 Å². The van der Waals surface area contributed by atoms with Crippen LogP contribution in [0.15, 0.2) is 44.4 Å². The number of rotatable bonds is 4. The third-order valence-corrected chi connectivity index (χ3v) is 4.62. The van der Waals surface area contributed by atoms with Gasteiger partial charge in [-0.05, 0) is 17.7 Å². The van der Waals surface area contributed by atoms with Gasteiger partial charge < -0.3 is 0 Å². The van der Waals surface area contributed by atoms with Gasteiger partial charge in [0.25, 0.3) is 5.56 Å². The van der Waals surface area contributed by atoms with E-state index in [2.05, 4.69) is 28.1 Å². The molecule has 1 aromatic heterocycles. The Labute approximate surface area is 129 Å². The zero-order valence-corrected chi connectivity index (χ0v) is 13.7. The van der Waals surface area contributed by atoms with Crippen LogP contribution in [0.3, 0.4) is 0 Å². The average Bonchev–Trinajstić information content (AvgIpc) is 2.44. The van der Waals surface area contributed by atoms with Crippen molar-refractivity contribution in [3.8, 4) is 0 Å². The largest absolute Gasteiger partial charge is 0.330 e. The highest BCUT2D eigenvalue weighted by Crippen LogP contribution is 2.18. The van der Waals surface area contributed by atoms with Gasteiger partial charge in [-0.25, -0.2) is 4.79 Å². The van der Waals surface area contributed by atoms with Gasteiger partial charge in [-0.2, -0.15) is 11.8 Å². The molecule has 0 atom stereocenters. The maximum Gasteiger partial charge on any atom is 0.330 e. The van der Waals surface area contributed by atoms with Crippen LogP contribution < -0.4 is 11.2 Å². The molecule has 0 aliphatic rings. The third-order valence-electron chi connectivity index (χ3n) is 3.06. The van der Waals surface area contributed by atoms with Crippen molar-refractivity contribution in [1.82, 2.24) is 9.13 Å². The van der Waals surface area contributed by atoms with E-state index >= 15 is 0 Å². The van der Waals surface area contributed by atoms with Crippen LogP contribution in [0.2, 0.25) is 0 Å². The SMILES string of the molecule is Cn1c(CSCc2ccc(Br)cc2)cc(=O)n(C)c1=O. The molecule has 20 heavy (non-hydrogen) atoms. The molecule has 1 aromatic carbocycles. The van der Waals surface area contributed by atoms with Gasteiger partial charge in [0.2, 0.25) is 0 Å². The quantitative estimate of drug-likeness (QED) is 0.845. The van der Waals surface area contributed by atoms with E-state index < -0.39 is 0 Å². The fourth-order valence-corrected chi connectivity index (χ4v) is 3.05. The monoisotopic (exact) mass is 354 g/mol. The van der Waals surface area contributed by atoms with Crippen molar-refractivity contribution in [1.29, 1.82) is 0 Å². The zero-order valence-electron chi connectivity index (χ0n) is 11.3. The molecular weight excluding hydrogens is 340 g/mol. The maximum absolute atomic E-state index is 11.8. The third kappa shape index (κ3) is 3.43. The summed E-state index contributed by atoms with van der Waals surface area (Å²) in [6.45, 7) is 0. The Morgan fingerprint density at radius 1 is 1.05 bits per heavy atom. The predicted octanol–water partition coefficient (Wildman–Crippen LogP) is 2.28. The molecule has 0 aliphatic heterocycles. The summed E-state index contributed by atoms with van der Waals surface area (Å²) in [5.41, 5.74) is 1.43. The molecule has 2 rings (SSSR count). The fraction of sp³-hybridized carbons (Fsp3) is 0.286. The van der Waals surface area contributed by atoms with Crippen molar-refractivity contribution >= 4 is 27.7 Å². The first kappa shape index (κ1) is 15.1. The molecule has 1 heterocycles. The van der Waals surface area contributed by atoms with Crippen LogP contribution in [0.5, 0.6) is 0 Å². The minimum Gasteiger partial charge on any atom is -0.300 e. The first-order valence-corrected chi connectivity index (χ1v) is 8.02. The van der Waals surface area contributed by atoms with Crippen LogP contribution >= 0.6 is 27.7 Å². The van der Waals surface area contributed by atoms with E-state index in [0.717, 1.165) is 20.5 Å². The highest BCUT2D eigenvalue weighted by Gasteiger charge is 2.05. The summed E-state index contributed by atoms with van der Waals surface area (Å²) in [5, 5.41) is 0. The summed E-state index contributed by atoms with van der Waals surface area (Å²) in [4.78, 5) is 23.4. The number of nitrogens with zero attached hydrogens (tertiary/aromatic N) is 2. The molecule has 0 N–H and O–H groups in total. The highest BCUT2D eigenvalue weighted by atomic mass is 79.9. The van der Waals surface area contributed by atoms with Crippen molar-refractivity contribution in [2.75, 3.05) is 0 Å². The molecular formula is C14H15BrN2O2S. The van der Waals surface area contributed by atoms with Crippen LogP contribution in [0.25, 0.3) is 0 Å². The summed E-state index contributed by atoms with van der Waals surface area (Å²) < 4.78 is 3.69. The Bertz CT molecular complexity index is 719. The first-order chi connectivity index (χ1) is 9.49. The molecule has 0 saturated carbocycles. The molecule has 0 unspecified atom stereocenters. The van der Waals surface area contributed by atoms with Crippen molar-refractivity contribution in [3.05, 3.63) is 66.9 Å². The van der Waals surface area contributed by atoms with Gasteiger partial charge in [-0.15, -0.1) is 0 Å². The van der Waals surface area contributed by atoms with Gasteiger partial charge in [0.05, 0.1) is 0 Å². The second kappa shape index (κ2) is 6.45. The Hall–Kier alpha value is -1.27. The Morgan fingerprint density at radius 3 is 2.35 bits per heavy atom. The second-order valence-corrected chi connectivity index (χ2v) is 6.40. The lowest BCUT2D eigenvalue weighted by Gasteiger charge is -2.09. The molecule has 6 heteroatoms. The summed E-state index contributed by atoms with van der Waals surface area (Å²) in [7, 11) is 3.18. The van der Waals surface area contributed by atoms with E-state index in [0.29, 0.717) is 5.75 Å². The molecule has 4 nitrogen and oxygen atoms in total. The number of halogens is 1. The van der Waals surface area contributed by atoms with Gasteiger partial charge >= 0.3 is 5.69 Å². The van der Waals surface area contributed by atoms with Gasteiger partial charge in [-0.1, -0.05) is 28.1 Å². The molecule has 2 aromatic rings. The fourth-order valence-electron chi connectivity index (χ4n) is 1.77. The number of benzene rings is 1. The van der Waals surface area contributed by atoms with Crippen LogP contribution in [-0.4, -0.2) is 9.13 Å². The summed E-state index contributed by atoms with van der Waals surface area (Å²) in [5.74, 6) is 1.48. The van der Waals surface area contributed by atoms with E-state index in [4.69, 9.17) is 0 Å². The van der Waals surface area contributed by atoms with Crippen LogP contribution in [0.4, 0.5) is 0 Å². The van der Waals surface area contributed by atoms with Crippen molar-refractivity contribution in [2.45, 2.75) is 11.5 Å². The number of hydrogen-bond acceptors (Lipinski definition) is 3. The molecule has 0 amide bonds. The minimum absolute atomic E-state index is 0.257. The lowest BCUT2D eigenvalue weighted by atomic mass is 10.2. The normalized spacial score (nSPS) is 10.8. The maximum atomic E-state index is 11.8. The van der Waals surface area contributed by atoms with Crippen molar-refractivity contribution in [3.63, 3.8) is 0 Å². The van der Waals surface area contributed by atoms with E-state index in [9.17, 15) is 9.59 Å². The van der Waals surface area contributed by atoms with E-state index in [1.165, 1.54) is 23.2 Å². The second-order valence-electron chi connectivity index (χ2n) is 4.49. The molecule has 0 spiro atoms. The molecule has 106 valence electrons. The van der Waals surface area contributed by atoms with E-state index in [-0.39, 0.29) is 11.2 Å². The summed E-state index contributed by atoms with van der Waals surface area (Å²) in [6.07, 6.45) is 0. The van der Waals surface area contributed by atoms with E-state index in [1.807, 2.05) is 12.1 Å². The number of thioether (sulfide) groups is 1. The Morgan fingerprint density at radius 2 is 1.70 bits per heavy atom. The predicted molar refractivity (Wildman–Crippen MR) is 86.1 cm³/mol.